The Labute approximate surface area is 121 Å². The van der Waals surface area contributed by atoms with Crippen LogP contribution in [0.1, 0.15) is 37.7 Å². The average Bonchev–Trinajstić information content (AvgIpc) is 2.43. The molecule has 0 aromatic heterocycles. The van der Waals surface area contributed by atoms with Gasteiger partial charge >= 0.3 is 30.0 Å². The number of rotatable bonds is 4. The zero-order chi connectivity index (χ0) is 12.3. The maximum Gasteiger partial charge on any atom is 0.0497 e. The van der Waals surface area contributed by atoms with Crippen molar-refractivity contribution >= 4 is 13.6 Å². The molecule has 1 saturated carbocycles. The molecule has 90 valence electrons. The summed E-state index contributed by atoms with van der Waals surface area (Å²) in [6.45, 7) is 1.70. The normalized spacial score (nSPS) is 16.2. The van der Waals surface area contributed by atoms with Gasteiger partial charge in [0.2, 0.25) is 0 Å². The Morgan fingerprint density at radius 2 is 1.82 bits per heavy atom. The molecule has 1 aromatic carbocycles. The Bertz CT molecular complexity index is 273. The fourth-order valence-corrected chi connectivity index (χ4v) is 2.21. The van der Waals surface area contributed by atoms with Crippen molar-refractivity contribution in [2.45, 2.75) is 38.7 Å². The van der Waals surface area contributed by atoms with E-state index >= 15 is 0 Å². The van der Waals surface area contributed by atoms with Gasteiger partial charge < -0.3 is 4.74 Å². The molecule has 0 spiro atoms. The maximum absolute atomic E-state index is 5.75. The molecule has 3 heteroatoms. The van der Waals surface area contributed by atoms with Gasteiger partial charge in [-0.15, -0.1) is 5.56 Å². The Kier molecular flexibility index (Phi) is 9.23. The van der Waals surface area contributed by atoms with E-state index in [0.717, 1.165) is 19.1 Å². The van der Waals surface area contributed by atoms with Crippen LogP contribution in [0, 0.1) is 12.0 Å². The van der Waals surface area contributed by atoms with E-state index in [1.165, 1.54) is 54.0 Å². The van der Waals surface area contributed by atoms with Gasteiger partial charge in [-0.25, -0.2) is 0 Å². The predicted molar refractivity (Wildman–Crippen MR) is 70.4 cm³/mol. The van der Waals surface area contributed by atoms with Crippen molar-refractivity contribution in [3.63, 3.8) is 0 Å². The summed E-state index contributed by atoms with van der Waals surface area (Å²) in [6.07, 6.45) is 6.94. The van der Waals surface area contributed by atoms with Crippen molar-refractivity contribution in [1.29, 1.82) is 0 Å². The number of benzene rings is 1. The van der Waals surface area contributed by atoms with Gasteiger partial charge in [-0.1, -0.05) is 19.3 Å². The summed E-state index contributed by atoms with van der Waals surface area (Å²) in [4.78, 5) is 0. The van der Waals surface area contributed by atoms with Gasteiger partial charge in [-0.3, -0.25) is 0 Å². The maximum atomic E-state index is 5.75. The smallest absolute Gasteiger partial charge is 0.0497 e. The minimum Gasteiger partial charge on any atom is -0.379 e. The Hall–Kier alpha value is 0.283. The van der Waals surface area contributed by atoms with Crippen molar-refractivity contribution in [1.82, 2.24) is 0 Å². The molecule has 2 rings (SSSR count). The fraction of sp³-hybridized carbons (Fsp3) is 0.571. The molecule has 0 N–H and O–H groups in total. The summed E-state index contributed by atoms with van der Waals surface area (Å²) in [7, 11) is 0. The topological polar surface area (TPSA) is 9.23 Å². The first-order valence-electron chi connectivity index (χ1n) is 6.24. The van der Waals surface area contributed by atoms with Gasteiger partial charge in [-0.05, 0) is 18.8 Å². The number of hydrogen-bond donors (Lipinski definition) is 0. The first-order valence-corrected chi connectivity index (χ1v) is 13.2. The van der Waals surface area contributed by atoms with Gasteiger partial charge in [0.25, 0.3) is 0 Å². The molecule has 0 saturated heterocycles. The second-order valence-electron chi connectivity index (χ2n) is 4.43. The van der Waals surface area contributed by atoms with Crippen molar-refractivity contribution in [2.24, 2.45) is 5.92 Å². The van der Waals surface area contributed by atoms with E-state index in [9.17, 15) is 0 Å². The molecule has 0 heterocycles. The number of halogens is 1. The van der Waals surface area contributed by atoms with Gasteiger partial charge in [0.1, 0.15) is 0 Å². The molecule has 0 unspecified atom stereocenters. The van der Waals surface area contributed by atoms with E-state index in [2.05, 4.69) is 31.8 Å². The third kappa shape index (κ3) is 6.69. The van der Waals surface area contributed by atoms with Crippen LogP contribution in [0.3, 0.4) is 0 Å². The fourth-order valence-electron chi connectivity index (χ4n) is 2.21. The van der Waals surface area contributed by atoms with Crippen LogP contribution in [-0.4, -0.2) is 6.61 Å². The van der Waals surface area contributed by atoms with Crippen LogP contribution in [-0.2, 0) is 27.7 Å². The van der Waals surface area contributed by atoms with E-state index in [-0.39, 0.29) is 0 Å². The molecule has 1 aromatic rings. The predicted octanol–water partition coefficient (Wildman–Crippen LogP) is 4.43. The van der Waals surface area contributed by atoms with Crippen LogP contribution in [0.2, 0.25) is 0 Å². The van der Waals surface area contributed by atoms with Crippen molar-refractivity contribution in [3.05, 3.63) is 35.9 Å². The second-order valence-corrected chi connectivity index (χ2v) is 4.43. The van der Waals surface area contributed by atoms with Crippen molar-refractivity contribution in [3.8, 4) is 0 Å². The molecule has 0 bridgehead atoms. The number of hydrogen-bond acceptors (Lipinski definition) is 1. The molecule has 1 aliphatic carbocycles. The summed E-state index contributed by atoms with van der Waals surface area (Å²) in [5.74, 6) is 0.814. The van der Waals surface area contributed by atoms with E-state index in [0.29, 0.717) is 0 Å². The molecule has 17 heavy (non-hydrogen) atoms. The minimum absolute atomic E-state index is 0.755. The molecule has 0 aliphatic heterocycles. The third-order valence-corrected chi connectivity index (χ3v) is 3.13. The van der Waals surface area contributed by atoms with E-state index < -0.39 is 0 Å². The Balaban J connectivity index is 0.000000686. The summed E-state index contributed by atoms with van der Waals surface area (Å²) >= 11 is 4.25. The first kappa shape index (κ1) is 15.3. The zero-order valence-corrected chi connectivity index (χ0v) is 14.9. The summed E-state index contributed by atoms with van der Waals surface area (Å²) in [5, 5.41) is 0. The first-order chi connectivity index (χ1) is 8.45. The second kappa shape index (κ2) is 10.2. The number of ether oxygens (including phenoxy) is 1. The van der Waals surface area contributed by atoms with E-state index in [1.54, 1.807) is 0 Å². The average molecular weight is 349 g/mol. The molecular weight excluding hydrogens is 329 g/mol. The van der Waals surface area contributed by atoms with Crippen LogP contribution in [0.15, 0.2) is 24.3 Å². The summed E-state index contributed by atoms with van der Waals surface area (Å²) < 4.78 is 5.75. The van der Waals surface area contributed by atoms with Crippen LogP contribution < -0.4 is 0 Å². The SMILES string of the molecule is [Zn+][Br].[c-]1ccc(COCC2CCCCC2)cc1. The standard InChI is InChI=1S/C14H19O.BrH.Zn/c1-3-7-13(8-4-1)11-15-12-14-9-5-2-6-10-14;;/h5-6,9-10,13H,1,3-4,7-8,11-12H2;1H;/q-1;;+2/p-1. The third-order valence-electron chi connectivity index (χ3n) is 3.13. The Morgan fingerprint density at radius 1 is 1.18 bits per heavy atom. The van der Waals surface area contributed by atoms with Gasteiger partial charge in [0, 0.05) is 13.2 Å². The van der Waals surface area contributed by atoms with Crippen LogP contribution in [0.5, 0.6) is 0 Å². The zero-order valence-electron chi connectivity index (χ0n) is 10.3. The quantitative estimate of drug-likeness (QED) is 0.578. The molecule has 0 radical (unpaired) electrons. The van der Waals surface area contributed by atoms with Gasteiger partial charge in [0.05, 0.1) is 0 Å². The molecule has 0 atom stereocenters. The molecule has 1 nitrogen and oxygen atoms in total. The van der Waals surface area contributed by atoms with E-state index in [4.69, 9.17) is 4.74 Å². The van der Waals surface area contributed by atoms with Crippen molar-refractivity contribution < 1.29 is 21.1 Å². The van der Waals surface area contributed by atoms with Gasteiger partial charge in [-0.2, -0.15) is 30.3 Å². The molecule has 1 fully saturated rings. The monoisotopic (exact) mass is 346 g/mol. The molecular formula is C14H19BrOZn. The minimum atomic E-state index is 0.755. The summed E-state index contributed by atoms with van der Waals surface area (Å²) in [6, 6.07) is 11.0. The van der Waals surface area contributed by atoms with Crippen LogP contribution in [0.25, 0.3) is 0 Å². The van der Waals surface area contributed by atoms with Gasteiger partial charge in [0.15, 0.2) is 0 Å². The summed E-state index contributed by atoms with van der Waals surface area (Å²) in [5.41, 5.74) is 1.25. The molecule has 1 aliphatic rings. The Morgan fingerprint density at radius 3 is 2.47 bits per heavy atom. The molecule has 0 amide bonds. The van der Waals surface area contributed by atoms with Crippen LogP contribution in [0.4, 0.5) is 0 Å². The van der Waals surface area contributed by atoms with Crippen molar-refractivity contribution in [2.75, 3.05) is 6.61 Å². The largest absolute Gasteiger partial charge is 0.379 e. The van der Waals surface area contributed by atoms with E-state index in [1.807, 2.05) is 12.1 Å². The van der Waals surface area contributed by atoms with Crippen LogP contribution >= 0.6 is 13.6 Å².